The van der Waals surface area contributed by atoms with Gasteiger partial charge in [0, 0.05) is 0 Å². The van der Waals surface area contributed by atoms with Crippen LogP contribution in [0.2, 0.25) is 0 Å². The summed E-state index contributed by atoms with van der Waals surface area (Å²) in [4.78, 5) is 0. The number of nitrogens with zero attached hydrogens (tertiary/aromatic N) is 1. The number of aryl methyl sites for hydroxylation is 2. The molecular weight excluding hydrogens is 253 g/mol. The van der Waals surface area contributed by atoms with Crippen molar-refractivity contribution in [3.05, 3.63) is 64.5 Å². The summed E-state index contributed by atoms with van der Waals surface area (Å²) in [6, 6.07) is 11.5. The summed E-state index contributed by atoms with van der Waals surface area (Å²) in [7, 11) is 0. The van der Waals surface area contributed by atoms with Gasteiger partial charge in [0.2, 0.25) is 0 Å². The zero-order valence-electron chi connectivity index (χ0n) is 11.3. The molecule has 0 aliphatic rings. The molecule has 2 aromatic carbocycles. The normalized spacial score (nSPS) is 11.2. The molecule has 0 saturated heterocycles. The largest absolute Gasteiger partial charge is 0.507 e. The first-order valence-corrected chi connectivity index (χ1v) is 6.19. The van der Waals surface area contributed by atoms with E-state index in [1.165, 1.54) is 12.1 Å². The quantitative estimate of drug-likeness (QED) is 0.654. The Morgan fingerprint density at radius 3 is 2.20 bits per heavy atom. The van der Waals surface area contributed by atoms with Crippen molar-refractivity contribution in [3.8, 4) is 11.8 Å². The van der Waals surface area contributed by atoms with E-state index in [0.29, 0.717) is 11.1 Å². The molecule has 0 spiro atoms. The molecule has 0 bridgehead atoms. The van der Waals surface area contributed by atoms with Crippen LogP contribution in [0.5, 0.6) is 5.75 Å². The second-order valence-electron chi connectivity index (χ2n) is 4.68. The maximum absolute atomic E-state index is 12.9. The van der Waals surface area contributed by atoms with Crippen molar-refractivity contribution in [1.82, 2.24) is 0 Å². The minimum absolute atomic E-state index is 0.266. The zero-order valence-corrected chi connectivity index (χ0v) is 11.3. The van der Waals surface area contributed by atoms with Crippen molar-refractivity contribution in [3.63, 3.8) is 0 Å². The van der Waals surface area contributed by atoms with Gasteiger partial charge in [0.25, 0.3) is 0 Å². The molecule has 0 aliphatic heterocycles. The first kappa shape index (κ1) is 13.8. The second kappa shape index (κ2) is 5.58. The van der Waals surface area contributed by atoms with Crippen LogP contribution in [0.25, 0.3) is 11.6 Å². The molecule has 0 atom stereocenters. The molecule has 100 valence electrons. The lowest BCUT2D eigenvalue weighted by Gasteiger charge is -2.06. The predicted molar refractivity (Wildman–Crippen MR) is 77.5 cm³/mol. The van der Waals surface area contributed by atoms with Crippen LogP contribution in [-0.2, 0) is 0 Å². The third-order valence-corrected chi connectivity index (χ3v) is 3.10. The Morgan fingerprint density at radius 1 is 1.15 bits per heavy atom. The summed E-state index contributed by atoms with van der Waals surface area (Å²) in [5.41, 5.74) is 3.46. The van der Waals surface area contributed by atoms with Crippen molar-refractivity contribution in [1.29, 1.82) is 5.26 Å². The van der Waals surface area contributed by atoms with Gasteiger partial charge in [-0.05, 0) is 66.4 Å². The molecule has 20 heavy (non-hydrogen) atoms. The number of halogens is 1. The molecule has 2 rings (SSSR count). The van der Waals surface area contributed by atoms with Crippen LogP contribution in [0, 0.1) is 31.0 Å². The molecule has 2 aromatic rings. The van der Waals surface area contributed by atoms with Gasteiger partial charge >= 0.3 is 0 Å². The fraction of sp³-hybridized carbons (Fsp3) is 0.118. The average Bonchev–Trinajstić information content (AvgIpc) is 2.43. The lowest BCUT2D eigenvalue weighted by molar-refractivity contribution is 0.467. The van der Waals surface area contributed by atoms with Gasteiger partial charge < -0.3 is 5.11 Å². The molecule has 0 amide bonds. The van der Waals surface area contributed by atoms with Crippen LogP contribution < -0.4 is 0 Å². The summed E-state index contributed by atoms with van der Waals surface area (Å²) in [5, 5.41) is 19.0. The molecule has 1 N–H and O–H groups in total. The third-order valence-electron chi connectivity index (χ3n) is 3.10. The van der Waals surface area contributed by atoms with Gasteiger partial charge in [-0.3, -0.25) is 0 Å². The molecule has 0 fully saturated rings. The summed E-state index contributed by atoms with van der Waals surface area (Å²) >= 11 is 0. The molecular formula is C17H14FNO. The van der Waals surface area contributed by atoms with Crippen LogP contribution in [0.15, 0.2) is 36.4 Å². The van der Waals surface area contributed by atoms with Crippen molar-refractivity contribution >= 4 is 11.6 Å². The third kappa shape index (κ3) is 2.86. The van der Waals surface area contributed by atoms with Crippen molar-refractivity contribution < 1.29 is 9.50 Å². The number of rotatable bonds is 2. The first-order valence-electron chi connectivity index (χ1n) is 6.19. The fourth-order valence-electron chi connectivity index (χ4n) is 2.05. The molecule has 0 radical (unpaired) electrons. The van der Waals surface area contributed by atoms with E-state index < -0.39 is 0 Å². The minimum Gasteiger partial charge on any atom is -0.507 e. The Balaban J connectivity index is 2.47. The average molecular weight is 267 g/mol. The molecule has 3 heteroatoms. The van der Waals surface area contributed by atoms with Crippen molar-refractivity contribution in [2.45, 2.75) is 13.8 Å². The summed E-state index contributed by atoms with van der Waals surface area (Å²) in [6.07, 6.45) is 1.73. The summed E-state index contributed by atoms with van der Waals surface area (Å²) in [5.74, 6) is -0.0650. The van der Waals surface area contributed by atoms with E-state index in [1.807, 2.05) is 26.0 Å². The zero-order chi connectivity index (χ0) is 14.7. The number of aromatic hydroxyl groups is 1. The van der Waals surface area contributed by atoms with Gasteiger partial charge in [-0.1, -0.05) is 12.1 Å². The lowest BCUT2D eigenvalue weighted by Crippen LogP contribution is -1.86. The number of hydrogen-bond donors (Lipinski definition) is 1. The highest BCUT2D eigenvalue weighted by Crippen LogP contribution is 2.25. The standard InChI is InChI=1S/C17H14FNO/c1-11-7-13(8-12(2)17(11)20)9-15(10-19)14-3-5-16(18)6-4-14/h3-9,20H,1-2H3. The molecule has 2 nitrogen and oxygen atoms in total. The van der Waals surface area contributed by atoms with E-state index in [0.717, 1.165) is 16.7 Å². The van der Waals surface area contributed by atoms with Crippen LogP contribution >= 0.6 is 0 Å². The maximum atomic E-state index is 12.9. The lowest BCUT2D eigenvalue weighted by atomic mass is 10.0. The van der Waals surface area contributed by atoms with Gasteiger partial charge in [-0.15, -0.1) is 0 Å². The molecule has 0 saturated carbocycles. The van der Waals surface area contributed by atoms with E-state index in [-0.39, 0.29) is 11.6 Å². The molecule has 0 unspecified atom stereocenters. The van der Waals surface area contributed by atoms with Gasteiger partial charge in [-0.25, -0.2) is 4.39 Å². The Bertz CT molecular complexity index is 686. The topological polar surface area (TPSA) is 44.0 Å². The number of allylic oxidation sites excluding steroid dienone is 1. The highest BCUT2D eigenvalue weighted by molar-refractivity contribution is 5.89. The summed E-state index contributed by atoms with van der Waals surface area (Å²) in [6.45, 7) is 3.62. The second-order valence-corrected chi connectivity index (χ2v) is 4.68. The Kier molecular flexibility index (Phi) is 3.86. The number of phenolic OH excluding ortho intramolecular Hbond substituents is 1. The number of nitriles is 1. The van der Waals surface area contributed by atoms with Gasteiger partial charge in [-0.2, -0.15) is 5.26 Å². The Morgan fingerprint density at radius 2 is 1.70 bits per heavy atom. The predicted octanol–water partition coefficient (Wildman–Crippen LogP) is 4.21. The maximum Gasteiger partial charge on any atom is 0.123 e. The number of hydrogen-bond acceptors (Lipinski definition) is 2. The number of benzene rings is 2. The van der Waals surface area contributed by atoms with E-state index in [9.17, 15) is 14.8 Å². The van der Waals surface area contributed by atoms with Gasteiger partial charge in [0.1, 0.15) is 11.6 Å². The number of phenols is 1. The first-order chi connectivity index (χ1) is 9.51. The van der Waals surface area contributed by atoms with Crippen molar-refractivity contribution in [2.75, 3.05) is 0 Å². The van der Waals surface area contributed by atoms with E-state index in [4.69, 9.17) is 0 Å². The van der Waals surface area contributed by atoms with E-state index in [1.54, 1.807) is 18.2 Å². The SMILES string of the molecule is Cc1cc(C=C(C#N)c2ccc(F)cc2)cc(C)c1O. The smallest absolute Gasteiger partial charge is 0.123 e. The molecule has 0 heterocycles. The van der Waals surface area contributed by atoms with Gasteiger partial charge in [0.05, 0.1) is 11.6 Å². The fourth-order valence-corrected chi connectivity index (χ4v) is 2.05. The summed E-state index contributed by atoms with van der Waals surface area (Å²) < 4.78 is 12.9. The monoisotopic (exact) mass is 267 g/mol. The van der Waals surface area contributed by atoms with Crippen LogP contribution in [-0.4, -0.2) is 5.11 Å². The van der Waals surface area contributed by atoms with Gasteiger partial charge in [0.15, 0.2) is 0 Å². The molecule has 0 aromatic heterocycles. The van der Waals surface area contributed by atoms with Crippen molar-refractivity contribution in [2.24, 2.45) is 0 Å². The minimum atomic E-state index is -0.331. The van der Waals surface area contributed by atoms with E-state index in [2.05, 4.69) is 6.07 Å². The van der Waals surface area contributed by atoms with Crippen LogP contribution in [0.4, 0.5) is 4.39 Å². The highest BCUT2D eigenvalue weighted by Gasteiger charge is 2.05. The van der Waals surface area contributed by atoms with E-state index >= 15 is 0 Å². The molecule has 0 aliphatic carbocycles. The Hall–Kier alpha value is -2.60. The van der Waals surface area contributed by atoms with Crippen LogP contribution in [0.1, 0.15) is 22.3 Å². The van der Waals surface area contributed by atoms with Crippen LogP contribution in [0.3, 0.4) is 0 Å². The highest BCUT2D eigenvalue weighted by atomic mass is 19.1. The Labute approximate surface area is 117 Å².